The Morgan fingerprint density at radius 3 is 2.60 bits per heavy atom. The predicted octanol–water partition coefficient (Wildman–Crippen LogP) is 2.10. The molecule has 0 saturated carbocycles. The third-order valence-electron chi connectivity index (χ3n) is 2.64. The van der Waals surface area contributed by atoms with E-state index in [9.17, 15) is 5.11 Å². The molecule has 6 heteroatoms. The first-order chi connectivity index (χ1) is 9.26. The summed E-state index contributed by atoms with van der Waals surface area (Å²) in [4.78, 5) is 4.21. The maximum atomic E-state index is 10.0. The van der Waals surface area contributed by atoms with Gasteiger partial charge in [-0.1, -0.05) is 0 Å². The molecular formula is C14H20N4O2. The van der Waals surface area contributed by atoms with Crippen LogP contribution in [0.5, 0.6) is 0 Å². The summed E-state index contributed by atoms with van der Waals surface area (Å²) >= 11 is 0. The van der Waals surface area contributed by atoms with Crippen LogP contribution in [0, 0.1) is 6.92 Å². The number of ether oxygens (including phenoxy) is 1. The molecule has 108 valence electrons. The van der Waals surface area contributed by atoms with Crippen molar-refractivity contribution in [2.75, 3.05) is 5.73 Å². The predicted molar refractivity (Wildman–Crippen MR) is 76.7 cm³/mol. The monoisotopic (exact) mass is 276 g/mol. The zero-order valence-corrected chi connectivity index (χ0v) is 12.2. The number of anilines is 1. The summed E-state index contributed by atoms with van der Waals surface area (Å²) in [5.41, 5.74) is 7.78. The Balaban J connectivity index is 2.27. The van der Waals surface area contributed by atoms with Gasteiger partial charge in [0.1, 0.15) is 5.82 Å². The van der Waals surface area contributed by atoms with Crippen LogP contribution < -0.4 is 5.73 Å². The second-order valence-electron chi connectivity index (χ2n) is 5.64. The van der Waals surface area contributed by atoms with Crippen molar-refractivity contribution in [1.29, 1.82) is 0 Å². The van der Waals surface area contributed by atoms with Gasteiger partial charge in [0.15, 0.2) is 0 Å². The number of hydrogen-bond donors (Lipinski definition) is 2. The number of aromatic nitrogens is 3. The Bertz CT molecular complexity index is 584. The summed E-state index contributed by atoms with van der Waals surface area (Å²) in [5, 5.41) is 14.3. The zero-order chi connectivity index (χ0) is 14.9. The van der Waals surface area contributed by atoms with E-state index in [-0.39, 0.29) is 0 Å². The molecule has 3 N–H and O–H groups in total. The second-order valence-corrected chi connectivity index (χ2v) is 5.64. The summed E-state index contributed by atoms with van der Waals surface area (Å²) in [6.07, 6.45) is 0.500. The normalized spacial score (nSPS) is 13.4. The average molecular weight is 276 g/mol. The molecule has 0 saturated heterocycles. The van der Waals surface area contributed by atoms with Crippen LogP contribution in [0.3, 0.4) is 0 Å². The van der Waals surface area contributed by atoms with Crippen LogP contribution in [0.4, 0.5) is 5.82 Å². The van der Waals surface area contributed by atoms with Crippen molar-refractivity contribution in [3.63, 3.8) is 0 Å². The molecular weight excluding hydrogens is 256 g/mol. The van der Waals surface area contributed by atoms with Gasteiger partial charge in [-0.25, -0.2) is 0 Å². The molecule has 0 aliphatic heterocycles. The number of aliphatic hydroxyl groups is 1. The van der Waals surface area contributed by atoms with Gasteiger partial charge in [0.2, 0.25) is 0 Å². The largest absolute Gasteiger partial charge is 0.384 e. The van der Waals surface area contributed by atoms with Crippen LogP contribution in [-0.4, -0.2) is 25.5 Å². The third-order valence-corrected chi connectivity index (χ3v) is 2.64. The molecule has 2 heterocycles. The van der Waals surface area contributed by atoms with Crippen molar-refractivity contribution < 1.29 is 9.84 Å². The summed E-state index contributed by atoms with van der Waals surface area (Å²) in [5.74, 6) is 0.331. The molecule has 0 aliphatic carbocycles. The van der Waals surface area contributed by atoms with Crippen LogP contribution in [0.2, 0.25) is 0 Å². The van der Waals surface area contributed by atoms with Gasteiger partial charge >= 0.3 is 0 Å². The van der Waals surface area contributed by atoms with Crippen LogP contribution in [0.1, 0.15) is 32.9 Å². The minimum Gasteiger partial charge on any atom is -0.384 e. The smallest absolute Gasteiger partial charge is 0.259 e. The second kappa shape index (κ2) is 5.22. The number of pyridine rings is 1. The van der Waals surface area contributed by atoms with Crippen molar-refractivity contribution in [3.8, 4) is 11.3 Å². The Morgan fingerprint density at radius 1 is 1.35 bits per heavy atom. The summed E-state index contributed by atoms with van der Waals surface area (Å²) < 4.78 is 6.68. The van der Waals surface area contributed by atoms with Crippen molar-refractivity contribution in [1.82, 2.24) is 14.8 Å². The molecule has 0 fully saturated rings. The zero-order valence-electron chi connectivity index (χ0n) is 12.2. The minimum atomic E-state index is -1.22. The highest BCUT2D eigenvalue weighted by Gasteiger charge is 2.21. The van der Waals surface area contributed by atoms with Crippen LogP contribution in [-0.2, 0) is 4.74 Å². The lowest BCUT2D eigenvalue weighted by atomic mass is 10.2. The van der Waals surface area contributed by atoms with Crippen molar-refractivity contribution >= 4 is 5.82 Å². The molecule has 0 spiro atoms. The van der Waals surface area contributed by atoms with Crippen molar-refractivity contribution in [2.24, 2.45) is 0 Å². The molecule has 0 bridgehead atoms. The molecule has 6 nitrogen and oxygen atoms in total. The fourth-order valence-corrected chi connectivity index (χ4v) is 1.71. The number of rotatable bonds is 3. The van der Waals surface area contributed by atoms with Crippen LogP contribution >= 0.6 is 0 Å². The highest BCUT2D eigenvalue weighted by atomic mass is 16.6. The molecule has 0 aromatic carbocycles. The fourth-order valence-electron chi connectivity index (χ4n) is 1.71. The molecule has 2 aromatic rings. The van der Waals surface area contributed by atoms with Gasteiger partial charge in [0.25, 0.3) is 6.41 Å². The first-order valence-electron chi connectivity index (χ1n) is 6.40. The number of nitrogens with two attached hydrogens (primary N) is 1. The van der Waals surface area contributed by atoms with Gasteiger partial charge in [-0.3, -0.25) is 4.98 Å². The van der Waals surface area contributed by atoms with Crippen LogP contribution in [0.25, 0.3) is 11.3 Å². The Hall–Kier alpha value is -1.92. The first-order valence-corrected chi connectivity index (χ1v) is 6.40. The summed E-state index contributed by atoms with van der Waals surface area (Å²) in [7, 11) is 0. The quantitative estimate of drug-likeness (QED) is 0.838. The lowest BCUT2D eigenvalue weighted by Gasteiger charge is -2.24. The molecule has 2 rings (SSSR count). The van der Waals surface area contributed by atoms with Gasteiger partial charge in [-0.05, 0) is 39.8 Å². The highest BCUT2D eigenvalue weighted by molar-refractivity contribution is 5.61. The lowest BCUT2D eigenvalue weighted by Crippen LogP contribution is -2.27. The molecule has 20 heavy (non-hydrogen) atoms. The molecule has 0 radical (unpaired) electrons. The van der Waals surface area contributed by atoms with Gasteiger partial charge < -0.3 is 15.6 Å². The van der Waals surface area contributed by atoms with E-state index in [1.807, 2.05) is 39.8 Å². The van der Waals surface area contributed by atoms with Crippen molar-refractivity contribution in [3.05, 3.63) is 30.1 Å². The van der Waals surface area contributed by atoms with E-state index in [4.69, 9.17) is 10.5 Å². The number of nitrogen functional groups attached to an aromatic ring is 1. The number of aryl methyl sites for hydroxylation is 1. The molecule has 1 atom stereocenters. The van der Waals surface area contributed by atoms with Gasteiger partial charge in [0, 0.05) is 23.5 Å². The van der Waals surface area contributed by atoms with E-state index in [1.165, 1.54) is 4.68 Å². The number of aliphatic hydroxyl groups excluding tert-OH is 1. The standard InChI is InChI=1S/C14H20N4O2/c1-9-5-6-10(8-16-9)11-7-12(15)18(17-11)13(19)20-14(2,3)4/h5-8,13,19H,15H2,1-4H3. The molecule has 0 amide bonds. The van der Waals surface area contributed by atoms with Crippen LogP contribution in [0.15, 0.2) is 24.4 Å². The minimum absolute atomic E-state index is 0.331. The Kier molecular flexibility index (Phi) is 3.78. The third kappa shape index (κ3) is 3.34. The maximum absolute atomic E-state index is 10.0. The van der Waals surface area contributed by atoms with Crippen molar-refractivity contribution in [2.45, 2.75) is 39.7 Å². The summed E-state index contributed by atoms with van der Waals surface area (Å²) in [6.45, 7) is 7.46. The Morgan fingerprint density at radius 2 is 2.05 bits per heavy atom. The topological polar surface area (TPSA) is 86.2 Å². The van der Waals surface area contributed by atoms with E-state index in [1.54, 1.807) is 12.3 Å². The van der Waals surface area contributed by atoms with Gasteiger partial charge in [0.05, 0.1) is 11.3 Å². The molecule has 0 aliphatic rings. The van der Waals surface area contributed by atoms with E-state index in [2.05, 4.69) is 10.1 Å². The average Bonchev–Trinajstić information content (AvgIpc) is 2.70. The van der Waals surface area contributed by atoms with E-state index in [0.717, 1.165) is 11.3 Å². The number of nitrogens with zero attached hydrogens (tertiary/aromatic N) is 3. The summed E-state index contributed by atoms with van der Waals surface area (Å²) in [6, 6.07) is 5.49. The van der Waals surface area contributed by atoms with E-state index in [0.29, 0.717) is 11.5 Å². The van der Waals surface area contributed by atoms with E-state index >= 15 is 0 Å². The van der Waals surface area contributed by atoms with E-state index < -0.39 is 12.0 Å². The molecule has 1 unspecified atom stereocenters. The van der Waals surface area contributed by atoms with Gasteiger partial charge in [-0.2, -0.15) is 9.78 Å². The maximum Gasteiger partial charge on any atom is 0.259 e. The van der Waals surface area contributed by atoms with Gasteiger partial charge in [-0.15, -0.1) is 0 Å². The number of hydrogen-bond acceptors (Lipinski definition) is 5. The first kappa shape index (κ1) is 14.5. The fraction of sp³-hybridized carbons (Fsp3) is 0.429. The SMILES string of the molecule is Cc1ccc(-c2cc(N)n(C(O)OC(C)(C)C)n2)cn1. The Labute approximate surface area is 118 Å². The highest BCUT2D eigenvalue weighted by Crippen LogP contribution is 2.24. The molecule has 2 aromatic heterocycles. The lowest BCUT2D eigenvalue weighted by molar-refractivity contribution is -0.213.